The summed E-state index contributed by atoms with van der Waals surface area (Å²) in [5.74, 6) is -0.133. The molecule has 0 radical (unpaired) electrons. The van der Waals surface area contributed by atoms with Crippen molar-refractivity contribution in [1.82, 2.24) is 10.6 Å². The van der Waals surface area contributed by atoms with Crippen LogP contribution in [-0.2, 0) is 11.3 Å². The molecule has 100 valence electrons. The highest BCUT2D eigenvalue weighted by Crippen LogP contribution is 2.17. The topological polar surface area (TPSA) is 50.4 Å². The van der Waals surface area contributed by atoms with Gasteiger partial charge in [-0.1, -0.05) is 6.07 Å². The van der Waals surface area contributed by atoms with E-state index in [1.807, 2.05) is 0 Å². The number of ether oxygens (including phenoxy) is 1. The first-order valence-corrected chi connectivity index (χ1v) is 5.51. The number of carbonyl (C=O) groups is 1. The average Bonchev–Trinajstić information content (AvgIpc) is 2.24. The van der Waals surface area contributed by atoms with Crippen molar-refractivity contribution in [3.8, 4) is 5.75 Å². The highest BCUT2D eigenvalue weighted by atomic mass is 35.5. The monoisotopic (exact) mass is 274 g/mol. The van der Waals surface area contributed by atoms with Crippen LogP contribution in [0.25, 0.3) is 0 Å². The van der Waals surface area contributed by atoms with Crippen molar-refractivity contribution >= 4 is 18.3 Å². The Labute approximate surface area is 111 Å². The van der Waals surface area contributed by atoms with Crippen LogP contribution < -0.4 is 15.4 Å². The minimum absolute atomic E-state index is 0. The molecule has 1 aromatic rings. The Morgan fingerprint density at radius 2 is 2.28 bits per heavy atom. The third-order valence-corrected chi connectivity index (χ3v) is 2.84. The molecule has 0 aliphatic carbocycles. The van der Waals surface area contributed by atoms with E-state index in [9.17, 15) is 9.18 Å². The molecule has 0 atom stereocenters. The van der Waals surface area contributed by atoms with Gasteiger partial charge in [0.25, 0.3) is 0 Å². The maximum Gasteiger partial charge on any atom is 0.225 e. The Balaban J connectivity index is 0.00000162. The molecule has 0 bridgehead atoms. The van der Waals surface area contributed by atoms with Gasteiger partial charge in [-0.15, -0.1) is 12.4 Å². The molecule has 1 aliphatic heterocycles. The number of carbonyl (C=O) groups excluding carboxylic acids is 1. The number of halogens is 2. The molecule has 1 aromatic carbocycles. The Morgan fingerprint density at radius 3 is 2.78 bits per heavy atom. The molecule has 0 saturated carbocycles. The maximum absolute atomic E-state index is 13.4. The van der Waals surface area contributed by atoms with Crippen LogP contribution >= 0.6 is 12.4 Å². The average molecular weight is 275 g/mol. The van der Waals surface area contributed by atoms with Gasteiger partial charge >= 0.3 is 0 Å². The summed E-state index contributed by atoms with van der Waals surface area (Å²) in [7, 11) is 1.42. The molecule has 6 heteroatoms. The third-order valence-electron chi connectivity index (χ3n) is 2.84. The molecule has 0 spiro atoms. The predicted molar refractivity (Wildman–Crippen MR) is 68.4 cm³/mol. The normalized spacial score (nSPS) is 14.3. The second-order valence-corrected chi connectivity index (χ2v) is 4.04. The molecule has 2 N–H and O–H groups in total. The van der Waals surface area contributed by atoms with Gasteiger partial charge in [0.2, 0.25) is 5.91 Å². The van der Waals surface area contributed by atoms with Crippen LogP contribution in [0, 0.1) is 11.7 Å². The molecule has 0 unspecified atom stereocenters. The van der Waals surface area contributed by atoms with Crippen molar-refractivity contribution in [1.29, 1.82) is 0 Å². The number of methoxy groups -OCH3 is 1. The van der Waals surface area contributed by atoms with E-state index in [0.29, 0.717) is 6.54 Å². The lowest BCUT2D eigenvalue weighted by molar-refractivity contribution is -0.126. The molecule has 2 rings (SSSR count). The van der Waals surface area contributed by atoms with Crippen molar-refractivity contribution in [3.05, 3.63) is 29.6 Å². The minimum atomic E-state index is -0.412. The molecule has 4 nitrogen and oxygen atoms in total. The van der Waals surface area contributed by atoms with Crippen LogP contribution in [0.15, 0.2) is 18.2 Å². The highest BCUT2D eigenvalue weighted by molar-refractivity contribution is 5.85. The van der Waals surface area contributed by atoms with Crippen molar-refractivity contribution in [2.45, 2.75) is 6.54 Å². The number of hydrogen-bond acceptors (Lipinski definition) is 3. The summed E-state index contributed by atoms with van der Waals surface area (Å²) >= 11 is 0. The van der Waals surface area contributed by atoms with E-state index in [1.54, 1.807) is 12.1 Å². The molecular weight excluding hydrogens is 259 g/mol. The number of amides is 1. The molecular formula is C12H16ClFN2O2. The first-order valence-electron chi connectivity index (χ1n) is 5.51. The van der Waals surface area contributed by atoms with E-state index in [1.165, 1.54) is 13.2 Å². The zero-order valence-electron chi connectivity index (χ0n) is 10.0. The lowest BCUT2D eigenvalue weighted by atomic mass is 10.0. The van der Waals surface area contributed by atoms with Crippen LogP contribution in [0.2, 0.25) is 0 Å². The number of nitrogens with one attached hydrogen (secondary N) is 2. The van der Waals surface area contributed by atoms with Crippen molar-refractivity contribution in [2.24, 2.45) is 5.92 Å². The second kappa shape index (κ2) is 6.56. The van der Waals surface area contributed by atoms with Gasteiger partial charge in [-0.2, -0.15) is 0 Å². The molecule has 0 aromatic heterocycles. The largest absolute Gasteiger partial charge is 0.494 e. The Hall–Kier alpha value is -1.33. The molecule has 1 amide bonds. The molecule has 1 heterocycles. The van der Waals surface area contributed by atoms with Gasteiger partial charge in [-0.05, 0) is 17.7 Å². The second-order valence-electron chi connectivity index (χ2n) is 4.04. The van der Waals surface area contributed by atoms with Gasteiger partial charge in [0.05, 0.1) is 13.0 Å². The van der Waals surface area contributed by atoms with E-state index >= 15 is 0 Å². The third kappa shape index (κ3) is 3.34. The predicted octanol–water partition coefficient (Wildman–Crippen LogP) is 1.09. The fourth-order valence-electron chi connectivity index (χ4n) is 1.63. The number of hydrogen-bond donors (Lipinski definition) is 2. The van der Waals surface area contributed by atoms with Gasteiger partial charge in [0.1, 0.15) is 0 Å². The Kier molecular flexibility index (Phi) is 5.37. The standard InChI is InChI=1S/C12H15FN2O2.ClH/c1-17-11-3-2-8(4-10(11)13)5-15-12(16)9-6-14-7-9;/h2-4,9,14H,5-7H2,1H3,(H,15,16);1H. The molecule has 1 saturated heterocycles. The zero-order chi connectivity index (χ0) is 12.3. The SMILES string of the molecule is COc1ccc(CNC(=O)C2CNC2)cc1F.Cl. The van der Waals surface area contributed by atoms with Crippen molar-refractivity contribution in [3.63, 3.8) is 0 Å². The summed E-state index contributed by atoms with van der Waals surface area (Å²) in [5, 5.41) is 5.81. The van der Waals surface area contributed by atoms with Crippen LogP contribution in [0.1, 0.15) is 5.56 Å². The smallest absolute Gasteiger partial charge is 0.225 e. The van der Waals surface area contributed by atoms with Gasteiger partial charge in [-0.3, -0.25) is 4.79 Å². The highest BCUT2D eigenvalue weighted by Gasteiger charge is 2.24. The fourth-order valence-corrected chi connectivity index (χ4v) is 1.63. The summed E-state index contributed by atoms with van der Waals surface area (Å²) in [6.45, 7) is 1.79. The van der Waals surface area contributed by atoms with Crippen LogP contribution in [-0.4, -0.2) is 26.1 Å². The van der Waals surface area contributed by atoms with Crippen LogP contribution in [0.3, 0.4) is 0 Å². The zero-order valence-corrected chi connectivity index (χ0v) is 10.8. The van der Waals surface area contributed by atoms with E-state index in [-0.39, 0.29) is 30.0 Å². The van der Waals surface area contributed by atoms with Crippen LogP contribution in [0.4, 0.5) is 4.39 Å². The van der Waals surface area contributed by atoms with E-state index < -0.39 is 5.82 Å². The van der Waals surface area contributed by atoms with Gasteiger partial charge in [-0.25, -0.2) is 4.39 Å². The fraction of sp³-hybridized carbons (Fsp3) is 0.417. The molecule has 18 heavy (non-hydrogen) atoms. The van der Waals surface area contributed by atoms with Gasteiger partial charge < -0.3 is 15.4 Å². The Bertz CT molecular complexity index is 425. The molecule has 1 fully saturated rings. The first-order chi connectivity index (χ1) is 8.20. The summed E-state index contributed by atoms with van der Waals surface area (Å²) in [5.41, 5.74) is 0.726. The lowest BCUT2D eigenvalue weighted by Crippen LogP contribution is -2.50. The van der Waals surface area contributed by atoms with Gasteiger partial charge in [0.15, 0.2) is 11.6 Å². The number of rotatable bonds is 4. The minimum Gasteiger partial charge on any atom is -0.494 e. The maximum atomic E-state index is 13.4. The quantitative estimate of drug-likeness (QED) is 0.864. The summed E-state index contributed by atoms with van der Waals surface area (Å²) < 4.78 is 18.2. The van der Waals surface area contributed by atoms with E-state index in [0.717, 1.165) is 18.7 Å². The summed E-state index contributed by atoms with van der Waals surface area (Å²) in [6, 6.07) is 4.67. The van der Waals surface area contributed by atoms with E-state index in [4.69, 9.17) is 4.74 Å². The van der Waals surface area contributed by atoms with Crippen molar-refractivity contribution in [2.75, 3.05) is 20.2 Å². The number of benzene rings is 1. The molecule has 1 aliphatic rings. The summed E-state index contributed by atoms with van der Waals surface area (Å²) in [6.07, 6.45) is 0. The van der Waals surface area contributed by atoms with E-state index in [2.05, 4.69) is 10.6 Å². The Morgan fingerprint density at radius 1 is 1.56 bits per heavy atom. The lowest BCUT2D eigenvalue weighted by Gasteiger charge is -2.25. The van der Waals surface area contributed by atoms with Crippen molar-refractivity contribution < 1.29 is 13.9 Å². The van der Waals surface area contributed by atoms with Gasteiger partial charge in [0, 0.05) is 19.6 Å². The van der Waals surface area contributed by atoms with Crippen LogP contribution in [0.5, 0.6) is 5.75 Å². The first kappa shape index (κ1) is 14.7. The summed E-state index contributed by atoms with van der Waals surface area (Å²) in [4.78, 5) is 11.5.